The first-order valence-corrected chi connectivity index (χ1v) is 9.96. The number of hydrogen-bond donors (Lipinski definition) is 1. The Balaban J connectivity index is 1.73. The van der Waals surface area contributed by atoms with Gasteiger partial charge in [0, 0.05) is 11.6 Å². The Kier molecular flexibility index (Phi) is 6.95. The van der Waals surface area contributed by atoms with Gasteiger partial charge in [-0.2, -0.15) is 0 Å². The van der Waals surface area contributed by atoms with Crippen LogP contribution < -0.4 is 5.32 Å². The number of anilines is 1. The number of carbonyl (C=O) groups is 2. The smallest absolute Gasteiger partial charge is 0.340 e. The number of pyridine rings is 1. The van der Waals surface area contributed by atoms with Crippen LogP contribution >= 0.6 is 0 Å². The number of benzene rings is 1. The number of nitrogens with zero attached hydrogens (tertiary/aromatic N) is 2. The highest BCUT2D eigenvalue weighted by molar-refractivity contribution is 5.97. The number of aryl methyl sites for hydroxylation is 2. The molecule has 2 heterocycles. The molecule has 7 nitrogen and oxygen atoms in total. The summed E-state index contributed by atoms with van der Waals surface area (Å²) in [4.78, 5) is 29.9. The van der Waals surface area contributed by atoms with Crippen LogP contribution in [0.2, 0.25) is 0 Å². The van der Waals surface area contributed by atoms with Gasteiger partial charge >= 0.3 is 5.97 Å². The number of hydrogen-bond acceptors (Lipinski definition) is 6. The standard InChI is InChI=1S/C23H25N3O4/c1-4-5-11-20(22(27)25-21-14-15(2)30-26-21)29-23(28)18-12-13-19(24-16(18)3)17-9-7-6-8-10-17/h6-10,12-14,20H,4-5,11H2,1-3H3,(H,25,26,27). The second kappa shape index (κ2) is 9.82. The number of amides is 1. The van der Waals surface area contributed by atoms with Crippen molar-refractivity contribution in [3.05, 3.63) is 65.5 Å². The molecule has 0 saturated carbocycles. The van der Waals surface area contributed by atoms with E-state index >= 15 is 0 Å². The molecule has 156 valence electrons. The molecule has 0 aliphatic rings. The maximum atomic E-state index is 12.8. The van der Waals surface area contributed by atoms with Crippen LogP contribution in [-0.2, 0) is 9.53 Å². The summed E-state index contributed by atoms with van der Waals surface area (Å²) in [7, 11) is 0. The molecule has 7 heteroatoms. The SMILES string of the molecule is CCCCC(OC(=O)c1ccc(-c2ccccc2)nc1C)C(=O)Nc1cc(C)on1. The lowest BCUT2D eigenvalue weighted by Crippen LogP contribution is -2.33. The van der Waals surface area contributed by atoms with Crippen molar-refractivity contribution < 1.29 is 18.8 Å². The fraction of sp³-hybridized carbons (Fsp3) is 0.304. The fourth-order valence-corrected chi connectivity index (χ4v) is 3.00. The minimum absolute atomic E-state index is 0.292. The maximum Gasteiger partial charge on any atom is 0.340 e. The largest absolute Gasteiger partial charge is 0.449 e. The molecule has 0 bridgehead atoms. The summed E-state index contributed by atoms with van der Waals surface area (Å²) >= 11 is 0. The van der Waals surface area contributed by atoms with Crippen molar-refractivity contribution in [1.82, 2.24) is 10.1 Å². The minimum atomic E-state index is -0.928. The van der Waals surface area contributed by atoms with E-state index in [-0.39, 0.29) is 0 Å². The molecule has 0 fully saturated rings. The Morgan fingerprint density at radius 2 is 1.90 bits per heavy atom. The molecule has 2 aromatic heterocycles. The van der Waals surface area contributed by atoms with Crippen LogP contribution in [0.5, 0.6) is 0 Å². The van der Waals surface area contributed by atoms with Gasteiger partial charge in [0.1, 0.15) is 5.76 Å². The molecule has 1 unspecified atom stereocenters. The summed E-state index contributed by atoms with van der Waals surface area (Å²) in [6.07, 6.45) is 1.10. The number of carbonyl (C=O) groups excluding carboxylic acids is 2. The van der Waals surface area contributed by atoms with Gasteiger partial charge in [0.05, 0.1) is 17.0 Å². The number of nitrogens with one attached hydrogen (secondary N) is 1. The number of unbranched alkanes of at least 4 members (excludes halogenated alkanes) is 1. The molecule has 3 rings (SSSR count). The van der Waals surface area contributed by atoms with Crippen LogP contribution in [0.15, 0.2) is 53.1 Å². The Labute approximate surface area is 175 Å². The van der Waals surface area contributed by atoms with Crippen molar-refractivity contribution in [3.63, 3.8) is 0 Å². The predicted octanol–water partition coefficient (Wildman–Crippen LogP) is 4.71. The van der Waals surface area contributed by atoms with Crippen LogP contribution in [-0.4, -0.2) is 28.1 Å². The summed E-state index contributed by atoms with van der Waals surface area (Å²) in [6, 6.07) is 14.8. The Morgan fingerprint density at radius 1 is 1.13 bits per heavy atom. The van der Waals surface area contributed by atoms with Gasteiger partial charge in [0.15, 0.2) is 11.9 Å². The zero-order valence-electron chi connectivity index (χ0n) is 17.3. The third kappa shape index (κ3) is 5.31. The van der Waals surface area contributed by atoms with Gasteiger partial charge in [-0.3, -0.25) is 9.78 Å². The first-order chi connectivity index (χ1) is 14.5. The quantitative estimate of drug-likeness (QED) is 0.544. The molecule has 0 spiro atoms. The lowest BCUT2D eigenvalue weighted by atomic mass is 10.1. The minimum Gasteiger partial charge on any atom is -0.449 e. The van der Waals surface area contributed by atoms with Crippen molar-refractivity contribution in [2.24, 2.45) is 0 Å². The normalized spacial score (nSPS) is 11.7. The van der Waals surface area contributed by atoms with Crippen LogP contribution in [0.1, 0.15) is 48.0 Å². The molecule has 1 aromatic carbocycles. The lowest BCUT2D eigenvalue weighted by molar-refractivity contribution is -0.125. The van der Waals surface area contributed by atoms with E-state index < -0.39 is 18.0 Å². The average molecular weight is 407 g/mol. The predicted molar refractivity (Wildman–Crippen MR) is 113 cm³/mol. The summed E-state index contributed by atoms with van der Waals surface area (Å²) < 4.78 is 10.5. The molecule has 1 amide bonds. The van der Waals surface area contributed by atoms with Gasteiger partial charge in [-0.15, -0.1) is 0 Å². The van der Waals surface area contributed by atoms with Gasteiger partial charge in [-0.1, -0.05) is 48.8 Å². The zero-order valence-corrected chi connectivity index (χ0v) is 17.3. The molecule has 0 aliphatic carbocycles. The van der Waals surface area contributed by atoms with Crippen molar-refractivity contribution in [3.8, 4) is 11.3 Å². The zero-order chi connectivity index (χ0) is 21.5. The average Bonchev–Trinajstić information content (AvgIpc) is 3.15. The maximum absolute atomic E-state index is 12.8. The molecule has 3 aromatic rings. The summed E-state index contributed by atoms with van der Waals surface area (Å²) in [5.74, 6) is -0.142. The number of esters is 1. The highest BCUT2D eigenvalue weighted by atomic mass is 16.5. The second-order valence-electron chi connectivity index (χ2n) is 7.04. The molecular weight excluding hydrogens is 382 g/mol. The van der Waals surface area contributed by atoms with Crippen molar-refractivity contribution >= 4 is 17.7 Å². The number of ether oxygens (including phenoxy) is 1. The second-order valence-corrected chi connectivity index (χ2v) is 7.04. The Morgan fingerprint density at radius 3 is 2.53 bits per heavy atom. The molecule has 30 heavy (non-hydrogen) atoms. The highest BCUT2D eigenvalue weighted by Crippen LogP contribution is 2.20. The fourth-order valence-electron chi connectivity index (χ4n) is 3.00. The third-order valence-corrected chi connectivity index (χ3v) is 4.62. The Hall–Kier alpha value is -3.48. The summed E-state index contributed by atoms with van der Waals surface area (Å²) in [5, 5.41) is 6.39. The third-order valence-electron chi connectivity index (χ3n) is 4.62. The van der Waals surface area contributed by atoms with Gasteiger partial charge in [-0.25, -0.2) is 4.79 Å². The highest BCUT2D eigenvalue weighted by Gasteiger charge is 2.25. The number of aromatic nitrogens is 2. The van der Waals surface area contributed by atoms with Crippen LogP contribution in [0.3, 0.4) is 0 Å². The van der Waals surface area contributed by atoms with Gasteiger partial charge in [-0.05, 0) is 38.8 Å². The molecule has 0 radical (unpaired) electrons. The molecule has 0 aliphatic heterocycles. The van der Waals surface area contributed by atoms with E-state index in [0.29, 0.717) is 29.3 Å². The van der Waals surface area contributed by atoms with Gasteiger partial charge in [0.25, 0.3) is 5.91 Å². The van der Waals surface area contributed by atoms with E-state index in [2.05, 4.69) is 15.5 Å². The van der Waals surface area contributed by atoms with E-state index in [0.717, 1.165) is 24.1 Å². The molecule has 0 saturated heterocycles. The topological polar surface area (TPSA) is 94.3 Å². The lowest BCUT2D eigenvalue weighted by Gasteiger charge is -2.17. The van der Waals surface area contributed by atoms with Gasteiger partial charge < -0.3 is 14.6 Å². The van der Waals surface area contributed by atoms with Crippen LogP contribution in [0, 0.1) is 13.8 Å². The summed E-state index contributed by atoms with van der Waals surface area (Å²) in [5.41, 5.74) is 2.61. The van der Waals surface area contributed by atoms with E-state index in [1.165, 1.54) is 0 Å². The first-order valence-electron chi connectivity index (χ1n) is 9.96. The molecule has 1 atom stereocenters. The first kappa shape index (κ1) is 21.2. The Bertz CT molecular complexity index is 1010. The molecule has 1 N–H and O–H groups in total. The van der Waals surface area contributed by atoms with Crippen molar-refractivity contribution in [1.29, 1.82) is 0 Å². The number of rotatable bonds is 8. The van der Waals surface area contributed by atoms with E-state index in [4.69, 9.17) is 9.26 Å². The summed E-state index contributed by atoms with van der Waals surface area (Å²) in [6.45, 7) is 5.49. The van der Waals surface area contributed by atoms with Gasteiger partial charge in [0.2, 0.25) is 0 Å². The van der Waals surface area contributed by atoms with E-state index in [1.54, 1.807) is 32.0 Å². The van der Waals surface area contributed by atoms with E-state index in [9.17, 15) is 9.59 Å². The van der Waals surface area contributed by atoms with Crippen LogP contribution in [0.4, 0.5) is 5.82 Å². The van der Waals surface area contributed by atoms with Crippen molar-refractivity contribution in [2.75, 3.05) is 5.32 Å². The van der Waals surface area contributed by atoms with Crippen LogP contribution in [0.25, 0.3) is 11.3 Å². The monoisotopic (exact) mass is 407 g/mol. The van der Waals surface area contributed by atoms with E-state index in [1.807, 2.05) is 37.3 Å². The molecular formula is C23H25N3O4. The van der Waals surface area contributed by atoms with Crippen molar-refractivity contribution in [2.45, 2.75) is 46.1 Å².